The predicted octanol–water partition coefficient (Wildman–Crippen LogP) is 17.4. The summed E-state index contributed by atoms with van der Waals surface area (Å²) in [5.41, 5.74) is 0. The highest BCUT2D eigenvalue weighted by Gasteiger charge is 2.18. The van der Waals surface area contributed by atoms with Crippen molar-refractivity contribution in [3.63, 3.8) is 0 Å². The van der Waals surface area contributed by atoms with E-state index >= 15 is 0 Å². The minimum absolute atomic E-state index is 0.142. The molecule has 0 N–H and O–H groups in total. The fourth-order valence-electron chi connectivity index (χ4n) is 7.45. The van der Waals surface area contributed by atoms with Crippen molar-refractivity contribution in [2.45, 2.75) is 258 Å². The third-order valence-corrected chi connectivity index (χ3v) is 11.5. The molecule has 6 heteroatoms. The zero-order chi connectivity index (χ0) is 45.8. The number of ether oxygens (including phenoxy) is 3. The van der Waals surface area contributed by atoms with E-state index < -0.39 is 12.1 Å². The molecular formula is C57H98O6. The van der Waals surface area contributed by atoms with Gasteiger partial charge in [0.15, 0.2) is 6.10 Å². The van der Waals surface area contributed by atoms with Crippen LogP contribution in [0.1, 0.15) is 252 Å². The van der Waals surface area contributed by atoms with Crippen LogP contribution in [-0.4, -0.2) is 37.2 Å². The summed E-state index contributed by atoms with van der Waals surface area (Å²) in [5, 5.41) is 0. The van der Waals surface area contributed by atoms with Gasteiger partial charge in [-0.05, 0) is 25.7 Å². The average molecular weight is 879 g/mol. The Balaban J connectivity index is 4.59. The molecule has 362 valence electrons. The molecule has 0 aliphatic carbocycles. The third-order valence-electron chi connectivity index (χ3n) is 11.5. The van der Waals surface area contributed by atoms with E-state index in [1.807, 2.05) is 42.5 Å². The molecule has 0 saturated carbocycles. The smallest absolute Gasteiger partial charge is 0.331 e. The fourth-order valence-corrected chi connectivity index (χ4v) is 7.45. The van der Waals surface area contributed by atoms with Gasteiger partial charge in [0.2, 0.25) is 0 Å². The van der Waals surface area contributed by atoms with E-state index in [0.29, 0.717) is 12.8 Å². The summed E-state index contributed by atoms with van der Waals surface area (Å²) >= 11 is 0. The molecular weight excluding hydrogens is 781 g/mol. The van der Waals surface area contributed by atoms with Gasteiger partial charge in [-0.1, -0.05) is 280 Å². The first-order chi connectivity index (χ1) is 31.0. The number of hydrogen-bond acceptors (Lipinski definition) is 6. The maximum atomic E-state index is 12.7. The molecule has 0 saturated heterocycles. The molecule has 0 radical (unpaired) electrons. The summed E-state index contributed by atoms with van der Waals surface area (Å²) in [6.45, 7) is 6.49. The molecule has 0 heterocycles. The quantitative estimate of drug-likeness (QED) is 0.0199. The minimum Gasteiger partial charge on any atom is -0.462 e. The van der Waals surface area contributed by atoms with Gasteiger partial charge in [-0.25, -0.2) is 4.79 Å². The van der Waals surface area contributed by atoms with Crippen LogP contribution in [0.3, 0.4) is 0 Å². The number of hydrogen-bond donors (Lipinski definition) is 0. The van der Waals surface area contributed by atoms with Crippen LogP contribution in [0, 0.1) is 0 Å². The summed E-state index contributed by atoms with van der Waals surface area (Å²) in [4.78, 5) is 37.8. The molecule has 0 spiro atoms. The third kappa shape index (κ3) is 49.7. The molecule has 0 rings (SSSR count). The topological polar surface area (TPSA) is 78.9 Å². The van der Waals surface area contributed by atoms with Gasteiger partial charge in [-0.3, -0.25) is 9.59 Å². The van der Waals surface area contributed by atoms with E-state index in [2.05, 4.69) is 32.9 Å². The largest absolute Gasteiger partial charge is 0.462 e. The van der Waals surface area contributed by atoms with Crippen LogP contribution in [0.2, 0.25) is 0 Å². The number of unbranched alkanes of at least 4 members (excludes halogenated alkanes) is 31. The summed E-state index contributed by atoms with van der Waals surface area (Å²) < 4.78 is 16.6. The molecule has 0 aliphatic heterocycles. The van der Waals surface area contributed by atoms with Crippen molar-refractivity contribution >= 4 is 17.9 Å². The highest BCUT2D eigenvalue weighted by Crippen LogP contribution is 2.15. The lowest BCUT2D eigenvalue weighted by atomic mass is 10.0. The van der Waals surface area contributed by atoms with Crippen molar-refractivity contribution in [3.05, 3.63) is 72.9 Å². The zero-order valence-electron chi connectivity index (χ0n) is 41.3. The van der Waals surface area contributed by atoms with Gasteiger partial charge in [-0.15, -0.1) is 0 Å². The molecule has 0 aromatic rings. The fraction of sp³-hybridized carbons (Fsp3) is 0.737. The molecule has 0 aromatic carbocycles. The van der Waals surface area contributed by atoms with E-state index in [9.17, 15) is 14.4 Å². The van der Waals surface area contributed by atoms with Crippen molar-refractivity contribution in [3.8, 4) is 0 Å². The predicted molar refractivity (Wildman–Crippen MR) is 270 cm³/mol. The van der Waals surface area contributed by atoms with Crippen LogP contribution in [0.4, 0.5) is 0 Å². The minimum atomic E-state index is -0.870. The highest BCUT2D eigenvalue weighted by molar-refractivity contribution is 5.82. The van der Waals surface area contributed by atoms with Gasteiger partial charge in [0.1, 0.15) is 13.2 Å². The van der Waals surface area contributed by atoms with Crippen molar-refractivity contribution in [2.75, 3.05) is 13.2 Å². The monoisotopic (exact) mass is 879 g/mol. The van der Waals surface area contributed by atoms with Crippen molar-refractivity contribution in [1.29, 1.82) is 0 Å². The molecule has 0 fully saturated rings. The van der Waals surface area contributed by atoms with Crippen LogP contribution in [0.5, 0.6) is 0 Å². The summed E-state index contributed by atoms with van der Waals surface area (Å²) in [6.07, 6.45) is 65.2. The zero-order valence-corrected chi connectivity index (χ0v) is 41.3. The summed E-state index contributed by atoms with van der Waals surface area (Å²) in [5.74, 6) is -1.22. The van der Waals surface area contributed by atoms with E-state index in [-0.39, 0.29) is 25.2 Å². The first-order valence-corrected chi connectivity index (χ1v) is 26.5. The lowest BCUT2D eigenvalue weighted by Crippen LogP contribution is -2.30. The normalized spacial score (nSPS) is 12.2. The maximum Gasteiger partial charge on any atom is 0.331 e. The van der Waals surface area contributed by atoms with Crippen molar-refractivity contribution in [2.24, 2.45) is 0 Å². The average Bonchev–Trinajstić information content (AvgIpc) is 3.28. The van der Waals surface area contributed by atoms with Crippen LogP contribution in [0.25, 0.3) is 0 Å². The van der Waals surface area contributed by atoms with Gasteiger partial charge < -0.3 is 14.2 Å². The molecule has 0 amide bonds. The summed E-state index contributed by atoms with van der Waals surface area (Å²) in [7, 11) is 0. The van der Waals surface area contributed by atoms with Gasteiger partial charge in [0.05, 0.1) is 0 Å². The Bertz CT molecular complexity index is 1150. The molecule has 0 aromatic heterocycles. The summed E-state index contributed by atoms with van der Waals surface area (Å²) in [6, 6.07) is 0. The van der Waals surface area contributed by atoms with Gasteiger partial charge in [-0.2, -0.15) is 0 Å². The van der Waals surface area contributed by atoms with Gasteiger partial charge >= 0.3 is 17.9 Å². The van der Waals surface area contributed by atoms with Crippen molar-refractivity contribution < 1.29 is 28.6 Å². The van der Waals surface area contributed by atoms with Crippen LogP contribution < -0.4 is 0 Å². The second kappa shape index (κ2) is 51.5. The van der Waals surface area contributed by atoms with E-state index in [1.54, 1.807) is 12.2 Å². The Morgan fingerprint density at radius 3 is 0.984 bits per heavy atom. The van der Waals surface area contributed by atoms with Crippen molar-refractivity contribution in [1.82, 2.24) is 0 Å². The standard InChI is InChI=1S/C57H98O6/c1-4-7-10-13-16-19-22-25-26-27-28-29-30-33-36-39-42-45-48-51-57(60)63-54(52-61-55(58)49-46-43-40-37-34-31-23-20-17-14-11-8-5-2)53-62-56(59)50-47-44-41-38-35-32-24-21-18-15-12-9-6-3/h26-30,33,36,39,42,45,48,51,54H,4-25,31-32,34-35,37-38,40-41,43-44,46-47,49-50,52-53H2,1-3H3/b27-26+,29-28+,33-30+,39-36+,45-42+,51-48+. The Hall–Kier alpha value is -3.15. The number of carbonyl (C=O) groups excluding carboxylic acids is 3. The van der Waals surface area contributed by atoms with Crippen LogP contribution in [-0.2, 0) is 28.6 Å². The Kier molecular flexibility index (Phi) is 48.9. The first kappa shape index (κ1) is 59.9. The van der Waals surface area contributed by atoms with E-state index in [4.69, 9.17) is 14.2 Å². The lowest BCUT2D eigenvalue weighted by molar-refractivity contribution is -0.163. The molecule has 0 bridgehead atoms. The Morgan fingerprint density at radius 2 is 0.635 bits per heavy atom. The molecule has 6 nitrogen and oxygen atoms in total. The maximum absolute atomic E-state index is 12.7. The number of allylic oxidation sites excluding steroid dienone is 11. The number of rotatable bonds is 47. The first-order valence-electron chi connectivity index (χ1n) is 26.5. The van der Waals surface area contributed by atoms with Gasteiger partial charge in [0.25, 0.3) is 0 Å². The second-order valence-electron chi connectivity index (χ2n) is 17.6. The van der Waals surface area contributed by atoms with E-state index in [0.717, 1.165) is 44.9 Å². The molecule has 0 aliphatic rings. The molecule has 0 atom stereocenters. The highest BCUT2D eigenvalue weighted by atomic mass is 16.6. The molecule has 0 unspecified atom stereocenters. The Labute approximate surface area is 389 Å². The van der Waals surface area contributed by atoms with Crippen LogP contribution >= 0.6 is 0 Å². The van der Waals surface area contributed by atoms with Gasteiger partial charge in [0, 0.05) is 18.9 Å². The number of esters is 3. The van der Waals surface area contributed by atoms with E-state index in [1.165, 1.54) is 179 Å². The molecule has 63 heavy (non-hydrogen) atoms. The SMILES string of the molecule is CCCCCCCCC/C=C/C=C/C=C/C=C/C=C/C=C/C(=O)OC(COC(=O)CCCCCCCCCCCCCCC)COC(=O)CCCCCCCCCCCCCCC. The Morgan fingerprint density at radius 1 is 0.349 bits per heavy atom. The second-order valence-corrected chi connectivity index (χ2v) is 17.6. The lowest BCUT2D eigenvalue weighted by Gasteiger charge is -2.17. The number of carbonyl (C=O) groups is 3. The van der Waals surface area contributed by atoms with Crippen LogP contribution in [0.15, 0.2) is 72.9 Å².